The van der Waals surface area contributed by atoms with Crippen LogP contribution in [0, 0.1) is 0 Å². The second-order valence-electron chi connectivity index (χ2n) is 6.92. The molecule has 0 N–H and O–H groups in total. The van der Waals surface area contributed by atoms with E-state index in [-0.39, 0.29) is 11.9 Å². The van der Waals surface area contributed by atoms with Crippen molar-refractivity contribution in [2.24, 2.45) is 0 Å². The number of carbonyl (C=O) groups excluding carboxylic acids is 3. The van der Waals surface area contributed by atoms with Crippen LogP contribution in [-0.4, -0.2) is 37.1 Å². The van der Waals surface area contributed by atoms with Gasteiger partial charge in [0.15, 0.2) is 6.10 Å². The molecule has 0 unspecified atom stereocenters. The summed E-state index contributed by atoms with van der Waals surface area (Å²) in [6.45, 7) is 3.55. The number of nitrogens with zero attached hydrogens (tertiary/aromatic N) is 1. The lowest BCUT2D eigenvalue weighted by Gasteiger charge is -2.25. The number of benzene rings is 2. The average molecular weight is 393 g/mol. The zero-order valence-electron chi connectivity index (χ0n) is 16.6. The fourth-order valence-electron chi connectivity index (χ4n) is 3.37. The summed E-state index contributed by atoms with van der Waals surface area (Å²) >= 11 is 0. The second-order valence-corrected chi connectivity index (χ2v) is 6.92. The summed E-state index contributed by atoms with van der Waals surface area (Å²) in [5, 5.41) is 0. The number of esters is 2. The van der Waals surface area contributed by atoms with E-state index < -0.39 is 18.0 Å². The van der Waals surface area contributed by atoms with E-state index in [2.05, 4.69) is 4.74 Å². The number of amides is 1. The summed E-state index contributed by atoms with van der Waals surface area (Å²) < 4.78 is 9.94. The Kier molecular flexibility index (Phi) is 6.12. The minimum Gasteiger partial charge on any atom is -0.465 e. The molecule has 0 radical (unpaired) electrons. The van der Waals surface area contributed by atoms with Crippen molar-refractivity contribution in [2.45, 2.75) is 32.4 Å². The van der Waals surface area contributed by atoms with E-state index in [1.807, 2.05) is 31.2 Å². The normalized spacial score (nSPS) is 16.4. The zero-order valence-corrected chi connectivity index (χ0v) is 16.6. The Balaban J connectivity index is 1.61. The number of fused-ring (bicyclic) bond motifs is 1. The SMILES string of the molecule is COC(=O)c1ccc(/C=C/C(=O)O[C@@H](C)C(=O)N2c3ccccc3C[C@@H]2C)cc1. The Labute approximate surface area is 169 Å². The van der Waals surface area contributed by atoms with Gasteiger partial charge in [0.1, 0.15) is 0 Å². The molecular weight excluding hydrogens is 370 g/mol. The first-order valence-corrected chi connectivity index (χ1v) is 9.38. The zero-order chi connectivity index (χ0) is 21.0. The standard InChI is InChI=1S/C23H23NO5/c1-15-14-19-6-4-5-7-20(19)24(15)22(26)16(2)29-21(25)13-10-17-8-11-18(12-9-17)23(27)28-3/h4-13,15-16H,14H2,1-3H3/b13-10+/t15-,16-/m0/s1. The fraction of sp³-hybridized carbons (Fsp3) is 0.261. The van der Waals surface area contributed by atoms with Gasteiger partial charge in [0, 0.05) is 17.8 Å². The van der Waals surface area contributed by atoms with Gasteiger partial charge in [-0.1, -0.05) is 30.3 Å². The molecule has 0 spiro atoms. The molecule has 3 rings (SSSR count). The quantitative estimate of drug-likeness (QED) is 0.575. The summed E-state index contributed by atoms with van der Waals surface area (Å²) in [5.41, 5.74) is 3.12. The third-order valence-electron chi connectivity index (χ3n) is 4.83. The lowest BCUT2D eigenvalue weighted by atomic mass is 10.1. The molecule has 29 heavy (non-hydrogen) atoms. The van der Waals surface area contributed by atoms with Crippen molar-refractivity contribution in [3.05, 3.63) is 71.3 Å². The smallest absolute Gasteiger partial charge is 0.337 e. The number of carbonyl (C=O) groups is 3. The van der Waals surface area contributed by atoms with Crippen LogP contribution in [-0.2, 0) is 25.5 Å². The third-order valence-corrected chi connectivity index (χ3v) is 4.83. The van der Waals surface area contributed by atoms with Crippen molar-refractivity contribution in [3.8, 4) is 0 Å². The van der Waals surface area contributed by atoms with Crippen molar-refractivity contribution in [1.82, 2.24) is 0 Å². The molecule has 0 saturated carbocycles. The van der Waals surface area contributed by atoms with Crippen LogP contribution in [0.5, 0.6) is 0 Å². The Morgan fingerprint density at radius 3 is 2.48 bits per heavy atom. The van der Waals surface area contributed by atoms with Gasteiger partial charge in [0.05, 0.1) is 12.7 Å². The molecule has 1 aliphatic rings. The maximum absolute atomic E-state index is 12.8. The molecule has 2 aromatic carbocycles. The van der Waals surface area contributed by atoms with Gasteiger partial charge in [-0.05, 0) is 55.7 Å². The van der Waals surface area contributed by atoms with Crippen LogP contribution in [0.2, 0.25) is 0 Å². The number of para-hydroxylation sites is 1. The minimum atomic E-state index is -0.901. The number of anilines is 1. The van der Waals surface area contributed by atoms with Crippen molar-refractivity contribution in [2.75, 3.05) is 12.0 Å². The van der Waals surface area contributed by atoms with E-state index in [0.29, 0.717) is 5.56 Å². The van der Waals surface area contributed by atoms with E-state index >= 15 is 0 Å². The lowest BCUT2D eigenvalue weighted by Crippen LogP contribution is -2.43. The van der Waals surface area contributed by atoms with Gasteiger partial charge < -0.3 is 14.4 Å². The maximum atomic E-state index is 12.8. The molecule has 0 fully saturated rings. The van der Waals surface area contributed by atoms with Gasteiger partial charge in [0.2, 0.25) is 0 Å². The summed E-state index contributed by atoms with van der Waals surface area (Å²) in [5.74, 6) is -1.28. The van der Waals surface area contributed by atoms with E-state index in [9.17, 15) is 14.4 Å². The molecule has 1 aliphatic heterocycles. The summed E-state index contributed by atoms with van der Waals surface area (Å²) in [6.07, 6.45) is 2.71. The fourth-order valence-corrected chi connectivity index (χ4v) is 3.37. The molecule has 6 heteroatoms. The predicted octanol–water partition coefficient (Wildman–Crippen LogP) is 3.40. The number of methoxy groups -OCH3 is 1. The Morgan fingerprint density at radius 2 is 1.79 bits per heavy atom. The van der Waals surface area contributed by atoms with Crippen LogP contribution in [0.4, 0.5) is 5.69 Å². The molecular formula is C23H23NO5. The van der Waals surface area contributed by atoms with E-state index in [1.165, 1.54) is 13.2 Å². The van der Waals surface area contributed by atoms with E-state index in [4.69, 9.17) is 4.74 Å². The topological polar surface area (TPSA) is 72.9 Å². The predicted molar refractivity (Wildman–Crippen MR) is 109 cm³/mol. The first-order valence-electron chi connectivity index (χ1n) is 9.38. The Morgan fingerprint density at radius 1 is 1.10 bits per heavy atom. The molecule has 6 nitrogen and oxygen atoms in total. The molecule has 0 bridgehead atoms. The highest BCUT2D eigenvalue weighted by molar-refractivity contribution is 6.00. The lowest BCUT2D eigenvalue weighted by molar-refractivity contribution is -0.149. The van der Waals surface area contributed by atoms with Gasteiger partial charge in [0.25, 0.3) is 5.91 Å². The van der Waals surface area contributed by atoms with Gasteiger partial charge in [-0.3, -0.25) is 4.79 Å². The summed E-state index contributed by atoms with van der Waals surface area (Å²) in [4.78, 5) is 38.1. The first-order chi connectivity index (χ1) is 13.9. The number of hydrogen-bond acceptors (Lipinski definition) is 5. The molecule has 0 aliphatic carbocycles. The minimum absolute atomic E-state index is 0.0184. The monoisotopic (exact) mass is 393 g/mol. The van der Waals surface area contributed by atoms with Crippen LogP contribution >= 0.6 is 0 Å². The molecule has 1 heterocycles. The highest BCUT2D eigenvalue weighted by Crippen LogP contribution is 2.32. The van der Waals surface area contributed by atoms with Crippen LogP contribution in [0.3, 0.4) is 0 Å². The van der Waals surface area contributed by atoms with E-state index in [1.54, 1.807) is 42.2 Å². The van der Waals surface area contributed by atoms with Gasteiger partial charge >= 0.3 is 11.9 Å². The second kappa shape index (κ2) is 8.73. The van der Waals surface area contributed by atoms with Crippen LogP contribution in [0.15, 0.2) is 54.6 Å². The van der Waals surface area contributed by atoms with Gasteiger partial charge in [-0.25, -0.2) is 9.59 Å². The average Bonchev–Trinajstić information content (AvgIpc) is 3.07. The van der Waals surface area contributed by atoms with Gasteiger partial charge in [-0.15, -0.1) is 0 Å². The highest BCUT2D eigenvalue weighted by atomic mass is 16.5. The molecule has 1 amide bonds. The molecule has 2 atom stereocenters. The van der Waals surface area contributed by atoms with Crippen molar-refractivity contribution >= 4 is 29.6 Å². The number of ether oxygens (including phenoxy) is 2. The number of hydrogen-bond donors (Lipinski definition) is 0. The summed E-state index contributed by atoms with van der Waals surface area (Å²) in [7, 11) is 1.32. The van der Waals surface area contributed by atoms with Crippen LogP contribution in [0.1, 0.15) is 35.3 Å². The first kappa shape index (κ1) is 20.3. The van der Waals surface area contributed by atoms with Crippen LogP contribution < -0.4 is 4.90 Å². The number of rotatable bonds is 5. The largest absolute Gasteiger partial charge is 0.465 e. The molecule has 0 aromatic heterocycles. The highest BCUT2D eigenvalue weighted by Gasteiger charge is 2.34. The third kappa shape index (κ3) is 4.54. The van der Waals surface area contributed by atoms with E-state index in [0.717, 1.165) is 23.2 Å². The molecule has 150 valence electrons. The molecule has 0 saturated heterocycles. The van der Waals surface area contributed by atoms with Crippen molar-refractivity contribution < 1.29 is 23.9 Å². The maximum Gasteiger partial charge on any atom is 0.337 e. The Hall–Kier alpha value is -3.41. The van der Waals surface area contributed by atoms with Gasteiger partial charge in [-0.2, -0.15) is 0 Å². The Bertz CT molecular complexity index is 948. The molecule has 2 aromatic rings. The van der Waals surface area contributed by atoms with Crippen molar-refractivity contribution in [1.29, 1.82) is 0 Å². The van der Waals surface area contributed by atoms with Crippen molar-refractivity contribution in [3.63, 3.8) is 0 Å². The summed E-state index contributed by atoms with van der Waals surface area (Å²) in [6, 6.07) is 14.4. The van der Waals surface area contributed by atoms with Crippen LogP contribution in [0.25, 0.3) is 6.08 Å².